The van der Waals surface area contributed by atoms with Crippen molar-refractivity contribution in [3.63, 3.8) is 0 Å². The minimum Gasteiger partial charge on any atom is -0.496 e. The molecule has 184 valence electrons. The Kier molecular flexibility index (Phi) is 7.31. The second-order valence-electron chi connectivity index (χ2n) is 9.39. The molecule has 1 saturated carbocycles. The first kappa shape index (κ1) is 24.7. The number of thiophene rings is 1. The molecule has 2 fully saturated rings. The summed E-state index contributed by atoms with van der Waals surface area (Å²) in [7, 11) is 3.00. The molecule has 2 heterocycles. The largest absolute Gasteiger partial charge is 0.496 e. The number of methoxy groups -OCH3 is 2. The number of benzene rings is 1. The third kappa shape index (κ3) is 4.59. The van der Waals surface area contributed by atoms with Crippen LogP contribution in [0.3, 0.4) is 0 Å². The lowest BCUT2D eigenvalue weighted by molar-refractivity contribution is -0.135. The van der Waals surface area contributed by atoms with Crippen molar-refractivity contribution >= 4 is 28.2 Å². The molecule has 8 heteroatoms. The van der Waals surface area contributed by atoms with Gasteiger partial charge in [0, 0.05) is 28.9 Å². The van der Waals surface area contributed by atoms with Crippen LogP contribution in [0.5, 0.6) is 5.75 Å². The van der Waals surface area contributed by atoms with Gasteiger partial charge in [-0.3, -0.25) is 9.69 Å². The topological polar surface area (TPSA) is 88.1 Å². The summed E-state index contributed by atoms with van der Waals surface area (Å²) in [4.78, 5) is 28.7. The van der Waals surface area contributed by atoms with Crippen LogP contribution < -0.4 is 10.1 Å². The van der Waals surface area contributed by atoms with E-state index in [1.54, 1.807) is 7.11 Å². The molecule has 0 radical (unpaired) electrons. The number of esters is 1. The van der Waals surface area contributed by atoms with E-state index in [0.29, 0.717) is 23.5 Å². The number of para-hydroxylation sites is 1. The molecular weight excluding hydrogens is 452 g/mol. The summed E-state index contributed by atoms with van der Waals surface area (Å²) in [6, 6.07) is 7.75. The van der Waals surface area contributed by atoms with Crippen LogP contribution in [0.25, 0.3) is 0 Å². The Morgan fingerprint density at radius 3 is 2.71 bits per heavy atom. The molecule has 1 aromatic carbocycles. The van der Waals surface area contributed by atoms with Crippen molar-refractivity contribution in [1.82, 2.24) is 4.90 Å². The molecular formula is C26H34N2O5S. The van der Waals surface area contributed by atoms with E-state index in [1.807, 2.05) is 38.1 Å². The second-order valence-corrected chi connectivity index (χ2v) is 10.6. The summed E-state index contributed by atoms with van der Waals surface area (Å²) in [5.74, 6) is 0.156. The summed E-state index contributed by atoms with van der Waals surface area (Å²) in [5, 5.41) is 15.0. The number of anilines is 1. The van der Waals surface area contributed by atoms with Gasteiger partial charge in [-0.25, -0.2) is 4.79 Å². The number of fused-ring (bicyclic) bond motifs is 1. The van der Waals surface area contributed by atoms with Gasteiger partial charge in [0.15, 0.2) is 0 Å². The Morgan fingerprint density at radius 2 is 1.97 bits per heavy atom. The van der Waals surface area contributed by atoms with E-state index >= 15 is 0 Å². The number of aryl methyl sites for hydroxylation is 1. The number of nitrogens with zero attached hydrogens (tertiary/aromatic N) is 1. The first-order valence-electron chi connectivity index (χ1n) is 11.9. The summed E-state index contributed by atoms with van der Waals surface area (Å²) in [6.07, 6.45) is 4.43. The van der Waals surface area contributed by atoms with E-state index in [2.05, 4.69) is 10.2 Å². The fourth-order valence-corrected chi connectivity index (χ4v) is 6.72. The van der Waals surface area contributed by atoms with E-state index in [4.69, 9.17) is 9.47 Å². The fraction of sp³-hybridized carbons (Fsp3) is 0.538. The van der Waals surface area contributed by atoms with Gasteiger partial charge < -0.3 is 19.9 Å². The van der Waals surface area contributed by atoms with E-state index in [-0.39, 0.29) is 24.4 Å². The molecule has 0 spiro atoms. The zero-order chi connectivity index (χ0) is 24.5. The fourth-order valence-electron chi connectivity index (χ4n) is 5.66. The first-order chi connectivity index (χ1) is 16.3. The predicted molar refractivity (Wildman–Crippen MR) is 133 cm³/mol. The molecule has 2 aliphatic rings. The molecule has 1 aliphatic carbocycles. The molecule has 2 N–H and O–H groups in total. The number of aliphatic hydroxyl groups is 1. The monoisotopic (exact) mass is 486 g/mol. The Hall–Kier alpha value is -2.42. The number of carbonyl (C=O) groups excluding carboxylic acids is 2. The highest BCUT2D eigenvalue weighted by Gasteiger charge is 2.49. The highest BCUT2D eigenvalue weighted by molar-refractivity contribution is 7.16. The minimum atomic E-state index is -0.725. The number of hydrogen-bond acceptors (Lipinski definition) is 7. The third-order valence-corrected chi connectivity index (χ3v) is 8.63. The Morgan fingerprint density at radius 1 is 1.21 bits per heavy atom. The normalized spacial score (nSPS) is 24.9. The van der Waals surface area contributed by atoms with Gasteiger partial charge in [-0.15, -0.1) is 11.3 Å². The molecule has 34 heavy (non-hydrogen) atoms. The number of rotatable bonds is 6. The van der Waals surface area contributed by atoms with Gasteiger partial charge >= 0.3 is 5.97 Å². The van der Waals surface area contributed by atoms with Gasteiger partial charge in [0.1, 0.15) is 10.8 Å². The molecule has 3 atom stereocenters. The van der Waals surface area contributed by atoms with Crippen LogP contribution >= 0.6 is 11.3 Å². The second kappa shape index (κ2) is 10.1. The van der Waals surface area contributed by atoms with Crippen molar-refractivity contribution in [2.24, 2.45) is 5.92 Å². The smallest absolute Gasteiger partial charge is 0.341 e. The summed E-state index contributed by atoms with van der Waals surface area (Å²) < 4.78 is 10.6. The third-order valence-electron chi connectivity index (χ3n) is 7.50. The maximum absolute atomic E-state index is 13.2. The lowest BCUT2D eigenvalue weighted by Crippen LogP contribution is -2.56. The summed E-state index contributed by atoms with van der Waals surface area (Å²) in [5.41, 5.74) is 1.52. The number of hydrogen-bond donors (Lipinski definition) is 2. The molecule has 0 bridgehead atoms. The molecule has 1 saturated heterocycles. The molecule has 7 nitrogen and oxygen atoms in total. The van der Waals surface area contributed by atoms with E-state index in [0.717, 1.165) is 47.4 Å². The summed E-state index contributed by atoms with van der Waals surface area (Å²) >= 11 is 1.38. The van der Waals surface area contributed by atoms with E-state index < -0.39 is 11.6 Å². The van der Waals surface area contributed by atoms with Crippen molar-refractivity contribution in [2.45, 2.75) is 57.6 Å². The zero-order valence-corrected chi connectivity index (χ0v) is 21.2. The van der Waals surface area contributed by atoms with Gasteiger partial charge in [0.05, 0.1) is 31.9 Å². The Labute approximate surface area is 205 Å². The number of likely N-dealkylation sites (tertiary alicyclic amines) is 1. The van der Waals surface area contributed by atoms with Gasteiger partial charge in [-0.2, -0.15) is 0 Å². The number of nitrogens with one attached hydrogen (secondary N) is 1. The Bertz CT molecular complexity index is 1070. The number of amides is 1. The van der Waals surface area contributed by atoms with Crippen LogP contribution in [0.4, 0.5) is 5.00 Å². The van der Waals surface area contributed by atoms with Crippen molar-refractivity contribution in [1.29, 1.82) is 0 Å². The maximum Gasteiger partial charge on any atom is 0.341 e. The van der Waals surface area contributed by atoms with E-state index in [9.17, 15) is 14.7 Å². The highest BCUT2D eigenvalue weighted by Crippen LogP contribution is 2.50. The lowest BCUT2D eigenvalue weighted by atomic mass is 9.66. The van der Waals surface area contributed by atoms with Crippen molar-refractivity contribution in [2.75, 3.05) is 32.6 Å². The first-order valence-corrected chi connectivity index (χ1v) is 12.7. The lowest BCUT2D eigenvalue weighted by Gasteiger charge is -2.52. The van der Waals surface area contributed by atoms with Crippen LogP contribution in [0.2, 0.25) is 0 Å². The standard InChI is InChI=1S/C26H34N2O5S/c1-16-17(2)34-24(22(16)25(30)33-4)27-21(29)15-28-14-13-26(31)12-8-7-10-19(26)23(28)18-9-5-6-11-20(18)32-3/h5-6,9,11,19,23,31H,7-8,10,12-15H2,1-4H3,(H,27,29)/t19-,23-,26-/m1/s1. The van der Waals surface area contributed by atoms with Crippen molar-refractivity contribution in [3.8, 4) is 5.75 Å². The number of ether oxygens (including phenoxy) is 2. The Balaban J connectivity index is 1.62. The van der Waals surface area contributed by atoms with Crippen molar-refractivity contribution < 1.29 is 24.2 Å². The molecule has 0 unspecified atom stereocenters. The summed E-state index contributed by atoms with van der Waals surface area (Å²) in [6.45, 7) is 4.55. The number of carbonyl (C=O) groups is 2. The quantitative estimate of drug-likeness (QED) is 0.586. The van der Waals surface area contributed by atoms with Gasteiger partial charge in [0.25, 0.3) is 0 Å². The van der Waals surface area contributed by atoms with E-state index in [1.165, 1.54) is 18.4 Å². The number of piperidine rings is 1. The van der Waals surface area contributed by atoms with Crippen LogP contribution in [-0.4, -0.2) is 54.8 Å². The highest BCUT2D eigenvalue weighted by atomic mass is 32.1. The molecule has 1 aliphatic heterocycles. The molecule has 4 rings (SSSR count). The molecule has 2 aromatic rings. The minimum absolute atomic E-state index is 0.0240. The van der Waals surface area contributed by atoms with Crippen LogP contribution in [0.15, 0.2) is 24.3 Å². The maximum atomic E-state index is 13.2. The molecule has 1 aromatic heterocycles. The van der Waals surface area contributed by atoms with Crippen LogP contribution in [-0.2, 0) is 9.53 Å². The van der Waals surface area contributed by atoms with Crippen molar-refractivity contribution in [3.05, 3.63) is 45.8 Å². The van der Waals surface area contributed by atoms with Gasteiger partial charge in [0.2, 0.25) is 5.91 Å². The average Bonchev–Trinajstić information content (AvgIpc) is 3.11. The SMILES string of the molecule is COC(=O)c1c(NC(=O)CN2CC[C@]3(O)CCCC[C@@H]3[C@H]2c2ccccc2OC)sc(C)c1C. The van der Waals surface area contributed by atoms with Crippen LogP contribution in [0, 0.1) is 19.8 Å². The zero-order valence-electron chi connectivity index (χ0n) is 20.3. The predicted octanol–water partition coefficient (Wildman–Crippen LogP) is 4.47. The van der Waals surface area contributed by atoms with Gasteiger partial charge in [-0.05, 0) is 44.7 Å². The van der Waals surface area contributed by atoms with Gasteiger partial charge in [-0.1, -0.05) is 31.0 Å². The molecule has 1 amide bonds. The average molecular weight is 487 g/mol. The van der Waals surface area contributed by atoms with Crippen LogP contribution in [0.1, 0.15) is 64.5 Å².